The Morgan fingerprint density at radius 1 is 1.44 bits per heavy atom. The minimum Gasteiger partial charge on any atom is -0.479 e. The third kappa shape index (κ3) is 1.81. The first kappa shape index (κ1) is 10.7. The molecule has 1 heterocycles. The highest BCUT2D eigenvalue weighted by atomic mass is 19.2. The molecule has 86 valence electrons. The Balaban J connectivity index is 2.37. The molecule has 0 amide bonds. The molecule has 7 heteroatoms. The molecule has 1 aromatic rings. The first-order chi connectivity index (χ1) is 7.59. The van der Waals surface area contributed by atoms with Crippen LogP contribution in [0.3, 0.4) is 0 Å². The quantitative estimate of drug-likeness (QED) is 0.626. The third-order valence-electron chi connectivity index (χ3n) is 2.25. The van der Waals surface area contributed by atoms with Gasteiger partial charge in [-0.3, -0.25) is 10.1 Å². The van der Waals surface area contributed by atoms with Gasteiger partial charge in [-0.15, -0.1) is 0 Å². The fraction of sp³-hybridized carbons (Fsp3) is 0.333. The van der Waals surface area contributed by atoms with Gasteiger partial charge in [0.25, 0.3) is 0 Å². The Bertz CT molecular complexity index is 435. The number of nitrogens with zero attached hydrogens (tertiary/aromatic N) is 1. The number of benzene rings is 1. The molecule has 0 bridgehead atoms. The molecule has 1 N–H and O–H groups in total. The largest absolute Gasteiger partial charge is 0.479 e. The smallest absolute Gasteiger partial charge is 0.314 e. The van der Waals surface area contributed by atoms with Crippen molar-refractivity contribution < 1.29 is 18.4 Å². The molecule has 1 fully saturated rings. The van der Waals surface area contributed by atoms with Gasteiger partial charge in [-0.05, 0) is 6.07 Å². The monoisotopic (exact) mass is 230 g/mol. The summed E-state index contributed by atoms with van der Waals surface area (Å²) in [5.41, 5.74) is -0.564. The Morgan fingerprint density at radius 2 is 2.12 bits per heavy atom. The van der Waals surface area contributed by atoms with Crippen molar-refractivity contribution in [3.8, 4) is 5.75 Å². The van der Waals surface area contributed by atoms with Crippen LogP contribution in [0.4, 0.5) is 14.5 Å². The normalized spacial score (nSPS) is 15.6. The molecule has 0 aromatic heterocycles. The second-order valence-corrected chi connectivity index (χ2v) is 3.36. The summed E-state index contributed by atoms with van der Waals surface area (Å²) < 4.78 is 31.3. The van der Waals surface area contributed by atoms with E-state index >= 15 is 0 Å². The van der Waals surface area contributed by atoms with Crippen LogP contribution in [0.15, 0.2) is 12.1 Å². The van der Waals surface area contributed by atoms with Crippen LogP contribution in [0.25, 0.3) is 0 Å². The van der Waals surface area contributed by atoms with Crippen molar-refractivity contribution in [2.75, 3.05) is 13.1 Å². The Hall–Kier alpha value is -1.76. The molecular weight excluding hydrogens is 222 g/mol. The summed E-state index contributed by atoms with van der Waals surface area (Å²) in [7, 11) is 0. The third-order valence-corrected chi connectivity index (χ3v) is 2.25. The molecule has 0 saturated carbocycles. The number of nitrogens with one attached hydrogen (secondary N) is 1. The number of rotatable bonds is 3. The van der Waals surface area contributed by atoms with Gasteiger partial charge in [0.2, 0.25) is 11.6 Å². The van der Waals surface area contributed by atoms with Crippen LogP contribution in [0.5, 0.6) is 5.75 Å². The van der Waals surface area contributed by atoms with E-state index in [1.807, 2.05) is 0 Å². The second-order valence-electron chi connectivity index (χ2n) is 3.36. The SMILES string of the molecule is O=[N+]([O-])c1ccc(F)c(F)c1OC1CNC1. The van der Waals surface area contributed by atoms with E-state index in [1.54, 1.807) is 0 Å². The van der Waals surface area contributed by atoms with Gasteiger partial charge in [-0.2, -0.15) is 4.39 Å². The summed E-state index contributed by atoms with van der Waals surface area (Å²) in [6.45, 7) is 0.931. The minimum absolute atomic E-state index is 0.352. The van der Waals surface area contributed by atoms with Crippen LogP contribution in [0, 0.1) is 21.7 Å². The van der Waals surface area contributed by atoms with E-state index in [4.69, 9.17) is 4.74 Å². The zero-order valence-corrected chi connectivity index (χ0v) is 8.07. The summed E-state index contributed by atoms with van der Waals surface area (Å²) in [5.74, 6) is -3.11. The highest BCUT2D eigenvalue weighted by Gasteiger charge is 2.28. The van der Waals surface area contributed by atoms with Crippen LogP contribution in [0.2, 0.25) is 0 Å². The molecule has 1 aromatic carbocycles. The summed E-state index contributed by atoms with van der Waals surface area (Å²) in [6.07, 6.45) is -0.352. The lowest BCUT2D eigenvalue weighted by Crippen LogP contribution is -2.50. The lowest BCUT2D eigenvalue weighted by molar-refractivity contribution is -0.386. The molecule has 0 spiro atoms. The van der Waals surface area contributed by atoms with Gasteiger partial charge in [0.05, 0.1) is 4.92 Å². The maximum atomic E-state index is 13.3. The molecule has 0 unspecified atom stereocenters. The van der Waals surface area contributed by atoms with Crippen LogP contribution in [0.1, 0.15) is 0 Å². The van der Waals surface area contributed by atoms with Crippen molar-refractivity contribution in [3.63, 3.8) is 0 Å². The molecule has 1 saturated heterocycles. The Kier molecular flexibility index (Phi) is 2.69. The van der Waals surface area contributed by atoms with E-state index in [0.717, 1.165) is 6.07 Å². The van der Waals surface area contributed by atoms with Gasteiger partial charge >= 0.3 is 5.69 Å². The van der Waals surface area contributed by atoms with Crippen molar-refractivity contribution >= 4 is 5.69 Å². The number of halogens is 2. The molecule has 1 aliphatic heterocycles. The van der Waals surface area contributed by atoms with Gasteiger partial charge in [0.15, 0.2) is 5.82 Å². The molecule has 0 atom stereocenters. The lowest BCUT2D eigenvalue weighted by atomic mass is 10.2. The van der Waals surface area contributed by atoms with Gasteiger partial charge in [0, 0.05) is 19.2 Å². The first-order valence-corrected chi connectivity index (χ1v) is 4.59. The second kappa shape index (κ2) is 4.01. The average molecular weight is 230 g/mol. The standard InChI is InChI=1S/C9H8F2N2O3/c10-6-1-2-7(13(14)15)9(8(6)11)16-5-3-12-4-5/h1-2,5,12H,3-4H2. The molecule has 0 aliphatic carbocycles. The summed E-state index contributed by atoms with van der Waals surface area (Å²) in [4.78, 5) is 9.79. The van der Waals surface area contributed by atoms with Gasteiger partial charge in [0.1, 0.15) is 6.10 Å². The summed E-state index contributed by atoms with van der Waals surface area (Å²) in [6, 6.07) is 1.60. The van der Waals surface area contributed by atoms with Crippen LogP contribution < -0.4 is 10.1 Å². The van der Waals surface area contributed by atoms with E-state index in [1.165, 1.54) is 0 Å². The van der Waals surface area contributed by atoms with E-state index < -0.39 is 28.0 Å². The molecular formula is C9H8F2N2O3. The maximum Gasteiger partial charge on any atom is 0.314 e. The molecule has 16 heavy (non-hydrogen) atoms. The van der Waals surface area contributed by atoms with Crippen LogP contribution in [-0.4, -0.2) is 24.1 Å². The Labute approximate surface area is 89.2 Å². The molecule has 0 radical (unpaired) electrons. The average Bonchev–Trinajstić information content (AvgIpc) is 2.17. The summed E-state index contributed by atoms with van der Waals surface area (Å²) in [5, 5.41) is 13.4. The number of nitro benzene ring substituents is 1. The number of nitro groups is 1. The molecule has 2 rings (SSSR count). The highest BCUT2D eigenvalue weighted by Crippen LogP contribution is 2.32. The predicted octanol–water partition coefficient (Wildman–Crippen LogP) is 1.22. The van der Waals surface area contributed by atoms with E-state index in [0.29, 0.717) is 19.2 Å². The zero-order valence-electron chi connectivity index (χ0n) is 8.07. The molecule has 5 nitrogen and oxygen atoms in total. The fourth-order valence-electron chi connectivity index (χ4n) is 1.29. The first-order valence-electron chi connectivity index (χ1n) is 4.59. The number of hydrogen-bond acceptors (Lipinski definition) is 4. The van der Waals surface area contributed by atoms with Crippen molar-refractivity contribution in [2.24, 2.45) is 0 Å². The number of ether oxygens (including phenoxy) is 1. The van der Waals surface area contributed by atoms with Crippen LogP contribution in [-0.2, 0) is 0 Å². The topological polar surface area (TPSA) is 64.4 Å². The van der Waals surface area contributed by atoms with Gasteiger partial charge in [-0.1, -0.05) is 0 Å². The van der Waals surface area contributed by atoms with Crippen molar-refractivity contribution in [1.82, 2.24) is 5.32 Å². The van der Waals surface area contributed by atoms with Crippen LogP contribution >= 0.6 is 0 Å². The van der Waals surface area contributed by atoms with Crippen molar-refractivity contribution in [3.05, 3.63) is 33.9 Å². The van der Waals surface area contributed by atoms with E-state index in [2.05, 4.69) is 5.32 Å². The van der Waals surface area contributed by atoms with E-state index in [9.17, 15) is 18.9 Å². The van der Waals surface area contributed by atoms with Gasteiger partial charge < -0.3 is 10.1 Å². The zero-order chi connectivity index (χ0) is 11.7. The Morgan fingerprint density at radius 3 is 2.62 bits per heavy atom. The fourth-order valence-corrected chi connectivity index (χ4v) is 1.29. The van der Waals surface area contributed by atoms with Gasteiger partial charge in [-0.25, -0.2) is 4.39 Å². The minimum atomic E-state index is -1.32. The predicted molar refractivity (Wildman–Crippen MR) is 50.3 cm³/mol. The maximum absolute atomic E-state index is 13.3. The highest BCUT2D eigenvalue weighted by molar-refractivity contribution is 5.47. The molecule has 1 aliphatic rings. The van der Waals surface area contributed by atoms with E-state index in [-0.39, 0.29) is 6.10 Å². The number of hydrogen-bond donors (Lipinski definition) is 1. The van der Waals surface area contributed by atoms with Crippen molar-refractivity contribution in [1.29, 1.82) is 0 Å². The lowest BCUT2D eigenvalue weighted by Gasteiger charge is -2.27. The summed E-state index contributed by atoms with van der Waals surface area (Å²) >= 11 is 0. The van der Waals surface area contributed by atoms with Crippen molar-refractivity contribution in [2.45, 2.75) is 6.10 Å².